The Hall–Kier alpha value is -2.73. The van der Waals surface area contributed by atoms with Crippen LogP contribution >= 0.6 is 0 Å². The van der Waals surface area contributed by atoms with E-state index in [0.29, 0.717) is 12.6 Å². The SMILES string of the molecule is Cc1ccc2c(c1)nnn2C1CCN(CC(=O)Nc2ccccc2C)CC1. The maximum absolute atomic E-state index is 12.4. The van der Waals surface area contributed by atoms with Gasteiger partial charge in [0.05, 0.1) is 18.1 Å². The topological polar surface area (TPSA) is 63.1 Å². The van der Waals surface area contributed by atoms with Gasteiger partial charge in [-0.2, -0.15) is 0 Å². The van der Waals surface area contributed by atoms with E-state index in [-0.39, 0.29) is 5.91 Å². The molecule has 0 atom stereocenters. The fourth-order valence-corrected chi connectivity index (χ4v) is 3.75. The van der Waals surface area contributed by atoms with Crippen molar-refractivity contribution in [3.63, 3.8) is 0 Å². The lowest BCUT2D eigenvalue weighted by molar-refractivity contribution is -0.117. The Morgan fingerprint density at radius 2 is 1.93 bits per heavy atom. The van der Waals surface area contributed by atoms with Crippen molar-refractivity contribution in [1.29, 1.82) is 0 Å². The minimum Gasteiger partial charge on any atom is -0.325 e. The van der Waals surface area contributed by atoms with E-state index in [1.165, 1.54) is 5.56 Å². The molecule has 0 unspecified atom stereocenters. The molecular formula is C21H25N5O. The summed E-state index contributed by atoms with van der Waals surface area (Å²) in [6.07, 6.45) is 1.95. The van der Waals surface area contributed by atoms with Gasteiger partial charge >= 0.3 is 0 Å². The Balaban J connectivity index is 1.34. The van der Waals surface area contributed by atoms with Crippen LogP contribution in [0.1, 0.15) is 30.0 Å². The zero-order valence-electron chi connectivity index (χ0n) is 15.9. The van der Waals surface area contributed by atoms with Crippen LogP contribution in [0.2, 0.25) is 0 Å². The Kier molecular flexibility index (Phi) is 4.90. The fraction of sp³-hybridized carbons (Fsp3) is 0.381. The van der Waals surface area contributed by atoms with Gasteiger partial charge in [0.15, 0.2) is 0 Å². The predicted octanol–water partition coefficient (Wildman–Crippen LogP) is 3.32. The molecule has 1 fully saturated rings. The molecule has 0 saturated carbocycles. The first-order valence-electron chi connectivity index (χ1n) is 9.49. The number of aryl methyl sites for hydroxylation is 2. The molecule has 6 heteroatoms. The quantitative estimate of drug-likeness (QED) is 0.772. The second-order valence-electron chi connectivity index (χ2n) is 7.40. The third kappa shape index (κ3) is 3.85. The van der Waals surface area contributed by atoms with E-state index in [1.807, 2.05) is 31.2 Å². The number of anilines is 1. The van der Waals surface area contributed by atoms with Crippen LogP contribution in [-0.4, -0.2) is 45.4 Å². The van der Waals surface area contributed by atoms with E-state index < -0.39 is 0 Å². The molecule has 0 spiro atoms. The molecule has 1 N–H and O–H groups in total. The van der Waals surface area contributed by atoms with Gasteiger partial charge in [0, 0.05) is 18.8 Å². The molecule has 27 heavy (non-hydrogen) atoms. The van der Waals surface area contributed by atoms with Gasteiger partial charge in [-0.1, -0.05) is 29.5 Å². The number of para-hydroxylation sites is 1. The molecule has 2 heterocycles. The van der Waals surface area contributed by atoms with Gasteiger partial charge in [0.1, 0.15) is 5.52 Å². The highest BCUT2D eigenvalue weighted by molar-refractivity contribution is 5.92. The zero-order chi connectivity index (χ0) is 18.8. The van der Waals surface area contributed by atoms with E-state index in [2.05, 4.69) is 50.3 Å². The lowest BCUT2D eigenvalue weighted by Gasteiger charge is -2.31. The first-order valence-corrected chi connectivity index (χ1v) is 9.49. The number of benzene rings is 2. The number of nitrogens with zero attached hydrogens (tertiary/aromatic N) is 4. The van der Waals surface area contributed by atoms with E-state index in [9.17, 15) is 4.79 Å². The summed E-state index contributed by atoms with van der Waals surface area (Å²) in [6.45, 7) is 6.28. The maximum atomic E-state index is 12.4. The van der Waals surface area contributed by atoms with Crippen LogP contribution in [0, 0.1) is 13.8 Å². The molecule has 1 amide bonds. The number of hydrogen-bond donors (Lipinski definition) is 1. The molecule has 0 aliphatic carbocycles. The van der Waals surface area contributed by atoms with Crippen LogP contribution in [0.3, 0.4) is 0 Å². The van der Waals surface area contributed by atoms with Gasteiger partial charge < -0.3 is 5.32 Å². The number of likely N-dealkylation sites (tertiary alicyclic amines) is 1. The Morgan fingerprint density at radius 1 is 1.15 bits per heavy atom. The van der Waals surface area contributed by atoms with Gasteiger partial charge in [-0.3, -0.25) is 9.69 Å². The average Bonchev–Trinajstić information content (AvgIpc) is 3.07. The largest absolute Gasteiger partial charge is 0.325 e. The number of piperidine rings is 1. The number of aromatic nitrogens is 3. The summed E-state index contributed by atoms with van der Waals surface area (Å²) in [5.41, 5.74) is 5.22. The standard InChI is InChI=1S/C21H25N5O/c1-15-7-8-20-19(13-15)23-24-26(20)17-9-11-25(12-10-17)14-21(27)22-18-6-4-3-5-16(18)2/h3-8,13,17H,9-12,14H2,1-2H3,(H,22,27). The van der Waals surface area contributed by atoms with Crippen molar-refractivity contribution in [1.82, 2.24) is 19.9 Å². The summed E-state index contributed by atoms with van der Waals surface area (Å²) < 4.78 is 2.06. The Labute approximate surface area is 159 Å². The first kappa shape index (κ1) is 17.7. The molecule has 4 rings (SSSR count). The normalized spacial score (nSPS) is 15.9. The number of carbonyl (C=O) groups excluding carboxylic acids is 1. The average molecular weight is 363 g/mol. The highest BCUT2D eigenvalue weighted by Crippen LogP contribution is 2.25. The van der Waals surface area contributed by atoms with E-state index in [0.717, 1.165) is 48.2 Å². The van der Waals surface area contributed by atoms with Gasteiger partial charge in [-0.15, -0.1) is 5.10 Å². The summed E-state index contributed by atoms with van der Waals surface area (Å²) in [4.78, 5) is 14.6. The number of amides is 1. The van der Waals surface area contributed by atoms with Crippen molar-refractivity contribution in [3.8, 4) is 0 Å². The van der Waals surface area contributed by atoms with Crippen LogP contribution in [0.5, 0.6) is 0 Å². The molecule has 0 bridgehead atoms. The van der Waals surface area contributed by atoms with Crippen molar-refractivity contribution in [3.05, 3.63) is 53.6 Å². The van der Waals surface area contributed by atoms with Gasteiger partial charge in [0.25, 0.3) is 0 Å². The van der Waals surface area contributed by atoms with E-state index in [1.54, 1.807) is 0 Å². The van der Waals surface area contributed by atoms with Crippen LogP contribution < -0.4 is 5.32 Å². The van der Waals surface area contributed by atoms with Crippen molar-refractivity contribution in [2.75, 3.05) is 25.0 Å². The minimum atomic E-state index is 0.0458. The van der Waals surface area contributed by atoms with Gasteiger partial charge in [-0.05, 0) is 56.0 Å². The lowest BCUT2D eigenvalue weighted by Crippen LogP contribution is -2.40. The smallest absolute Gasteiger partial charge is 0.238 e. The molecule has 1 aliphatic heterocycles. The third-order valence-corrected chi connectivity index (χ3v) is 5.32. The van der Waals surface area contributed by atoms with Crippen molar-refractivity contribution in [2.24, 2.45) is 0 Å². The molecule has 140 valence electrons. The summed E-state index contributed by atoms with van der Waals surface area (Å²) in [5, 5.41) is 11.7. The molecular weight excluding hydrogens is 338 g/mol. The van der Waals surface area contributed by atoms with Crippen molar-refractivity contribution < 1.29 is 4.79 Å². The zero-order valence-corrected chi connectivity index (χ0v) is 15.9. The van der Waals surface area contributed by atoms with Crippen molar-refractivity contribution >= 4 is 22.6 Å². The summed E-state index contributed by atoms with van der Waals surface area (Å²) in [7, 11) is 0. The molecule has 3 aromatic rings. The third-order valence-electron chi connectivity index (χ3n) is 5.32. The second kappa shape index (κ2) is 7.48. The number of fused-ring (bicyclic) bond motifs is 1. The molecule has 1 aliphatic rings. The fourth-order valence-electron chi connectivity index (χ4n) is 3.75. The predicted molar refractivity (Wildman–Crippen MR) is 107 cm³/mol. The molecule has 1 aromatic heterocycles. The minimum absolute atomic E-state index is 0.0458. The number of carbonyl (C=O) groups is 1. The second-order valence-corrected chi connectivity index (χ2v) is 7.40. The summed E-state index contributed by atoms with van der Waals surface area (Å²) >= 11 is 0. The summed E-state index contributed by atoms with van der Waals surface area (Å²) in [5.74, 6) is 0.0458. The highest BCUT2D eigenvalue weighted by atomic mass is 16.2. The Bertz CT molecular complexity index is 956. The molecule has 1 saturated heterocycles. The highest BCUT2D eigenvalue weighted by Gasteiger charge is 2.24. The van der Waals surface area contributed by atoms with Gasteiger partial charge in [0.2, 0.25) is 5.91 Å². The number of hydrogen-bond acceptors (Lipinski definition) is 4. The lowest BCUT2D eigenvalue weighted by atomic mass is 10.0. The van der Waals surface area contributed by atoms with E-state index >= 15 is 0 Å². The summed E-state index contributed by atoms with van der Waals surface area (Å²) in [6, 6.07) is 14.5. The molecule has 0 radical (unpaired) electrons. The monoisotopic (exact) mass is 363 g/mol. The Morgan fingerprint density at radius 3 is 2.70 bits per heavy atom. The van der Waals surface area contributed by atoms with Crippen LogP contribution in [-0.2, 0) is 4.79 Å². The van der Waals surface area contributed by atoms with E-state index in [4.69, 9.17) is 0 Å². The molecule has 2 aromatic carbocycles. The molecule has 6 nitrogen and oxygen atoms in total. The van der Waals surface area contributed by atoms with Crippen LogP contribution in [0.15, 0.2) is 42.5 Å². The van der Waals surface area contributed by atoms with Crippen LogP contribution in [0.4, 0.5) is 5.69 Å². The van der Waals surface area contributed by atoms with Crippen molar-refractivity contribution in [2.45, 2.75) is 32.7 Å². The van der Waals surface area contributed by atoms with Gasteiger partial charge in [-0.25, -0.2) is 4.68 Å². The number of nitrogens with one attached hydrogen (secondary N) is 1. The maximum Gasteiger partial charge on any atom is 0.238 e. The number of rotatable bonds is 4. The first-order chi connectivity index (χ1) is 13.1. The van der Waals surface area contributed by atoms with Crippen LogP contribution in [0.25, 0.3) is 11.0 Å².